The highest BCUT2D eigenvalue weighted by Gasteiger charge is 2.40. The van der Waals surface area contributed by atoms with E-state index >= 15 is 4.39 Å². The predicted molar refractivity (Wildman–Crippen MR) is 189 cm³/mol. The SMILES string of the molecule is C=CC(=O)N1CC2CNc3c(c4cc(Cl)c(-c5c(C)ccc6[nH]cnc56)c(F)c4n(-c4c(C(C)C)ncnc4C(C)C)c3=O)N2CC1C. The number of rotatable bonds is 5. The summed E-state index contributed by atoms with van der Waals surface area (Å²) in [6.45, 7) is 16.8. The van der Waals surface area contributed by atoms with Crippen LogP contribution in [0.25, 0.3) is 38.8 Å². The Balaban J connectivity index is 1.63. The average Bonchev–Trinajstić information content (AvgIpc) is 3.54. The third-order valence-electron chi connectivity index (χ3n) is 9.67. The monoisotopic (exact) mass is 668 g/mol. The third kappa shape index (κ3) is 4.69. The number of imidazole rings is 1. The minimum Gasteiger partial charge on any atom is -0.377 e. The van der Waals surface area contributed by atoms with Crippen molar-refractivity contribution in [2.24, 2.45) is 0 Å². The van der Waals surface area contributed by atoms with Gasteiger partial charge in [0.05, 0.1) is 56.7 Å². The normalized spacial score (nSPS) is 17.6. The van der Waals surface area contributed by atoms with Crippen LogP contribution in [0, 0.1) is 12.7 Å². The van der Waals surface area contributed by atoms with E-state index in [0.29, 0.717) is 64.6 Å². The second-order valence-electron chi connectivity index (χ2n) is 13.4. The van der Waals surface area contributed by atoms with E-state index in [4.69, 9.17) is 11.6 Å². The summed E-state index contributed by atoms with van der Waals surface area (Å²) in [6.07, 6.45) is 4.40. The van der Waals surface area contributed by atoms with E-state index < -0.39 is 11.4 Å². The number of aromatic amines is 1. The molecule has 2 aliphatic heterocycles. The van der Waals surface area contributed by atoms with E-state index in [-0.39, 0.29) is 45.9 Å². The zero-order valence-corrected chi connectivity index (χ0v) is 28.6. The molecule has 3 aromatic heterocycles. The van der Waals surface area contributed by atoms with Crippen molar-refractivity contribution in [3.8, 4) is 16.8 Å². The van der Waals surface area contributed by atoms with Gasteiger partial charge in [-0.2, -0.15) is 0 Å². The Labute approximate surface area is 282 Å². The molecule has 2 aromatic carbocycles. The van der Waals surface area contributed by atoms with Crippen LogP contribution in [-0.4, -0.2) is 67.0 Å². The number of hydrogen-bond donors (Lipinski definition) is 2. The van der Waals surface area contributed by atoms with Crippen LogP contribution >= 0.6 is 11.6 Å². The topological polar surface area (TPSA) is 112 Å². The number of halogens is 2. The van der Waals surface area contributed by atoms with Crippen LogP contribution in [0.5, 0.6) is 0 Å². The molecule has 0 bridgehead atoms. The molecule has 48 heavy (non-hydrogen) atoms. The summed E-state index contributed by atoms with van der Waals surface area (Å²) in [5, 5.41) is 4.05. The highest BCUT2D eigenvalue weighted by Crippen LogP contribution is 2.46. The molecule has 2 atom stereocenters. The minimum absolute atomic E-state index is 0.0865. The number of anilines is 2. The van der Waals surface area contributed by atoms with E-state index in [0.717, 1.165) is 11.1 Å². The fraction of sp³-hybridized carbons (Fsp3) is 0.361. The van der Waals surface area contributed by atoms with Crippen molar-refractivity contribution in [3.05, 3.63) is 81.7 Å². The third-order valence-corrected chi connectivity index (χ3v) is 9.97. The molecule has 5 aromatic rings. The smallest absolute Gasteiger partial charge is 0.281 e. The minimum atomic E-state index is -0.639. The van der Waals surface area contributed by atoms with E-state index in [1.54, 1.807) is 17.3 Å². The summed E-state index contributed by atoms with van der Waals surface area (Å²) in [5.74, 6) is -0.981. The molecule has 1 saturated heterocycles. The Hall–Kier alpha value is -4.77. The van der Waals surface area contributed by atoms with Gasteiger partial charge in [-0.1, -0.05) is 51.9 Å². The van der Waals surface area contributed by atoms with Crippen LogP contribution in [0.15, 0.2) is 48.3 Å². The zero-order chi connectivity index (χ0) is 34.2. The Kier molecular flexibility index (Phi) is 7.77. The molecule has 1 fully saturated rings. The largest absolute Gasteiger partial charge is 0.377 e. The number of amides is 1. The molecule has 0 radical (unpaired) electrons. The number of H-pyrrole nitrogens is 1. The maximum absolute atomic E-state index is 17.9. The van der Waals surface area contributed by atoms with Crippen LogP contribution in [0.1, 0.15) is 63.4 Å². The van der Waals surface area contributed by atoms with E-state index in [1.165, 1.54) is 17.0 Å². The number of carbonyl (C=O) groups is 1. The summed E-state index contributed by atoms with van der Waals surface area (Å²) in [4.78, 5) is 48.5. The van der Waals surface area contributed by atoms with Gasteiger partial charge in [0, 0.05) is 42.2 Å². The van der Waals surface area contributed by atoms with Gasteiger partial charge < -0.3 is 20.1 Å². The molecular formula is C36H38ClFN8O2. The van der Waals surface area contributed by atoms with Gasteiger partial charge in [0.25, 0.3) is 5.56 Å². The lowest BCUT2D eigenvalue weighted by atomic mass is 9.94. The fourth-order valence-electron chi connectivity index (χ4n) is 7.39. The lowest BCUT2D eigenvalue weighted by molar-refractivity contribution is -0.128. The number of aryl methyl sites for hydroxylation is 1. The molecular weight excluding hydrogens is 631 g/mol. The number of carbonyl (C=O) groups excluding carboxylic acids is 1. The van der Waals surface area contributed by atoms with Crippen molar-refractivity contribution in [2.75, 3.05) is 29.9 Å². The number of piperazine rings is 1. The Bertz CT molecular complexity index is 2180. The summed E-state index contributed by atoms with van der Waals surface area (Å²) < 4.78 is 19.3. The number of pyridine rings is 1. The molecule has 7 rings (SSSR count). The van der Waals surface area contributed by atoms with Crippen LogP contribution in [-0.2, 0) is 4.79 Å². The summed E-state index contributed by atoms with van der Waals surface area (Å²) in [7, 11) is 0. The molecule has 2 aliphatic rings. The number of nitrogens with one attached hydrogen (secondary N) is 2. The molecule has 5 heterocycles. The average molecular weight is 669 g/mol. The number of benzene rings is 2. The van der Waals surface area contributed by atoms with Gasteiger partial charge in [-0.25, -0.2) is 19.3 Å². The van der Waals surface area contributed by atoms with Gasteiger partial charge >= 0.3 is 0 Å². The van der Waals surface area contributed by atoms with Gasteiger partial charge in [0.15, 0.2) is 5.82 Å². The van der Waals surface area contributed by atoms with E-state index in [2.05, 4.69) is 36.7 Å². The number of hydrogen-bond acceptors (Lipinski definition) is 7. The second kappa shape index (κ2) is 11.7. The Morgan fingerprint density at radius 1 is 1.08 bits per heavy atom. The summed E-state index contributed by atoms with van der Waals surface area (Å²) in [5.41, 5.74) is 5.15. The van der Waals surface area contributed by atoms with Gasteiger partial charge in [-0.05, 0) is 49.5 Å². The van der Waals surface area contributed by atoms with E-state index in [1.807, 2.05) is 53.7 Å². The standard InChI is InChI=1S/C36H38ClFN8O2/c1-8-25(47)44-14-21-12-39-32-34(45(21)13-20(44)7)22-11-23(37)27(26-19(6)9-10-24-31(26)43-15-40-24)28(38)33(22)46(36(32)48)35-29(17(2)3)41-16-42-30(35)18(4)5/h8-11,15-18,20-21,39H,1,12-14H2,2-7H3,(H,40,43). The van der Waals surface area contributed by atoms with Crippen molar-refractivity contribution in [3.63, 3.8) is 0 Å². The molecule has 2 unspecified atom stereocenters. The van der Waals surface area contributed by atoms with Gasteiger partial charge in [0.2, 0.25) is 5.91 Å². The number of fused-ring (bicyclic) bond motifs is 6. The lowest BCUT2D eigenvalue weighted by Crippen LogP contribution is -2.62. The van der Waals surface area contributed by atoms with Crippen LogP contribution < -0.4 is 15.8 Å². The van der Waals surface area contributed by atoms with Crippen molar-refractivity contribution in [1.82, 2.24) is 29.4 Å². The van der Waals surface area contributed by atoms with Gasteiger partial charge in [-0.15, -0.1) is 0 Å². The van der Waals surface area contributed by atoms with Crippen molar-refractivity contribution in [1.29, 1.82) is 0 Å². The molecule has 0 aliphatic carbocycles. The lowest BCUT2D eigenvalue weighted by Gasteiger charge is -2.49. The maximum Gasteiger partial charge on any atom is 0.281 e. The zero-order valence-electron chi connectivity index (χ0n) is 27.9. The second-order valence-corrected chi connectivity index (χ2v) is 13.8. The predicted octanol–water partition coefficient (Wildman–Crippen LogP) is 6.69. The maximum atomic E-state index is 17.9. The molecule has 12 heteroatoms. The first-order chi connectivity index (χ1) is 22.9. The molecule has 1 amide bonds. The van der Waals surface area contributed by atoms with Gasteiger partial charge in [-0.3, -0.25) is 14.2 Å². The first-order valence-corrected chi connectivity index (χ1v) is 16.6. The molecule has 10 nitrogen and oxygen atoms in total. The Morgan fingerprint density at radius 3 is 2.46 bits per heavy atom. The van der Waals surface area contributed by atoms with Gasteiger partial charge in [0.1, 0.15) is 12.0 Å². The van der Waals surface area contributed by atoms with E-state index in [9.17, 15) is 9.59 Å². The van der Waals surface area contributed by atoms with Crippen molar-refractivity contribution in [2.45, 2.75) is 65.5 Å². The molecule has 0 saturated carbocycles. The van der Waals surface area contributed by atoms with Crippen LogP contribution in [0.2, 0.25) is 5.02 Å². The molecule has 248 valence electrons. The van der Waals surface area contributed by atoms with Crippen molar-refractivity contribution >= 4 is 50.8 Å². The molecule has 2 N–H and O–H groups in total. The van der Waals surface area contributed by atoms with Crippen molar-refractivity contribution < 1.29 is 9.18 Å². The fourth-order valence-corrected chi connectivity index (χ4v) is 7.68. The highest BCUT2D eigenvalue weighted by atomic mass is 35.5. The Morgan fingerprint density at radius 2 is 1.79 bits per heavy atom. The molecule has 0 spiro atoms. The number of aromatic nitrogens is 5. The number of nitrogens with zero attached hydrogens (tertiary/aromatic N) is 6. The first kappa shape index (κ1) is 31.8. The van der Waals surface area contributed by atoms with Crippen LogP contribution in [0.4, 0.5) is 15.8 Å². The van der Waals surface area contributed by atoms with Crippen LogP contribution in [0.3, 0.4) is 0 Å². The highest BCUT2D eigenvalue weighted by molar-refractivity contribution is 6.35. The quantitative estimate of drug-likeness (QED) is 0.201. The summed E-state index contributed by atoms with van der Waals surface area (Å²) in [6, 6.07) is 5.20. The first-order valence-electron chi connectivity index (χ1n) is 16.3. The summed E-state index contributed by atoms with van der Waals surface area (Å²) >= 11 is 7.12.